The number of carboxylic acids is 2. The summed E-state index contributed by atoms with van der Waals surface area (Å²) in [6.45, 7) is 6.43. The summed E-state index contributed by atoms with van der Waals surface area (Å²) in [7, 11) is 0. The number of aliphatic hydroxyl groups excluding tert-OH is 1. The zero-order valence-electron chi connectivity index (χ0n) is 22.9. The lowest BCUT2D eigenvalue weighted by molar-refractivity contribution is -0.143. The van der Waals surface area contributed by atoms with Gasteiger partial charge in [0.05, 0.1) is 19.1 Å². The molecule has 0 aliphatic rings. The van der Waals surface area contributed by atoms with Crippen LogP contribution in [0.4, 0.5) is 0 Å². The van der Waals surface area contributed by atoms with Gasteiger partial charge >= 0.3 is 11.9 Å². The van der Waals surface area contributed by atoms with Gasteiger partial charge in [-0.3, -0.25) is 24.0 Å². The Hall–Kier alpha value is -3.30. The molecule has 0 unspecified atom stereocenters. The van der Waals surface area contributed by atoms with Crippen LogP contribution in [0, 0.1) is 11.8 Å². The largest absolute Gasteiger partial charge is 0.481 e. The highest BCUT2D eigenvalue weighted by molar-refractivity contribution is 5.96. The van der Waals surface area contributed by atoms with E-state index in [1.807, 2.05) is 0 Å². The minimum Gasteiger partial charge on any atom is -0.481 e. The number of hydrogen-bond acceptors (Lipinski definition) is 9. The fraction of sp³-hybridized carbons (Fsp3) is 0.750. The zero-order chi connectivity index (χ0) is 30.3. The molecule has 0 spiro atoms. The van der Waals surface area contributed by atoms with Crippen LogP contribution in [0.5, 0.6) is 0 Å². The Morgan fingerprint density at radius 1 is 0.718 bits per heavy atom. The van der Waals surface area contributed by atoms with E-state index in [-0.39, 0.29) is 24.7 Å². The average Bonchev–Trinajstić information content (AvgIpc) is 2.84. The third-order valence-electron chi connectivity index (χ3n) is 5.75. The van der Waals surface area contributed by atoms with Crippen LogP contribution in [0.3, 0.4) is 0 Å². The summed E-state index contributed by atoms with van der Waals surface area (Å²) < 4.78 is 0. The number of nitrogens with one attached hydrogen (secondary N) is 4. The molecule has 0 fully saturated rings. The molecule has 0 aromatic rings. The van der Waals surface area contributed by atoms with Crippen molar-refractivity contribution in [3.63, 3.8) is 0 Å². The maximum absolute atomic E-state index is 13.0. The first-order chi connectivity index (χ1) is 18.1. The molecule has 39 heavy (non-hydrogen) atoms. The molecule has 0 aliphatic heterocycles. The molecule has 15 nitrogen and oxygen atoms in total. The highest BCUT2D eigenvalue weighted by atomic mass is 16.4. The molecule has 0 aromatic carbocycles. The number of carboxylic acid groups (broad SMARTS) is 2. The van der Waals surface area contributed by atoms with Gasteiger partial charge in [-0.1, -0.05) is 27.7 Å². The minimum atomic E-state index is -1.68. The summed E-state index contributed by atoms with van der Waals surface area (Å²) in [5.74, 6) is -6.62. The third-order valence-corrected chi connectivity index (χ3v) is 5.75. The van der Waals surface area contributed by atoms with Crippen molar-refractivity contribution in [2.45, 2.75) is 90.0 Å². The first-order valence-corrected chi connectivity index (χ1v) is 12.9. The van der Waals surface area contributed by atoms with E-state index in [2.05, 4.69) is 21.3 Å². The van der Waals surface area contributed by atoms with E-state index in [4.69, 9.17) is 11.5 Å². The second-order valence-electron chi connectivity index (χ2n) is 10.0. The Morgan fingerprint density at radius 3 is 1.67 bits per heavy atom. The predicted molar refractivity (Wildman–Crippen MR) is 140 cm³/mol. The lowest BCUT2D eigenvalue weighted by Crippen LogP contribution is -2.59. The second-order valence-corrected chi connectivity index (χ2v) is 10.0. The molecule has 0 radical (unpaired) electrons. The Morgan fingerprint density at radius 2 is 1.21 bits per heavy atom. The molecule has 15 heteroatoms. The maximum Gasteiger partial charge on any atom is 0.326 e. The number of unbranched alkanes of at least 4 members (excludes halogenated alkanes) is 1. The van der Waals surface area contributed by atoms with Crippen LogP contribution < -0.4 is 32.7 Å². The molecular weight excluding hydrogens is 516 g/mol. The first kappa shape index (κ1) is 35.7. The van der Waals surface area contributed by atoms with Gasteiger partial charge in [-0.2, -0.15) is 0 Å². The van der Waals surface area contributed by atoms with Crippen LogP contribution in [0.2, 0.25) is 0 Å². The molecule has 0 saturated heterocycles. The van der Waals surface area contributed by atoms with Crippen molar-refractivity contribution in [1.29, 1.82) is 0 Å². The van der Waals surface area contributed by atoms with Crippen LogP contribution in [0.1, 0.15) is 59.8 Å². The maximum atomic E-state index is 13.0. The number of hydrogen-bond donors (Lipinski definition) is 9. The van der Waals surface area contributed by atoms with Crippen LogP contribution in [0.25, 0.3) is 0 Å². The molecule has 224 valence electrons. The Labute approximate surface area is 227 Å². The molecule has 0 rings (SSSR count). The summed E-state index contributed by atoms with van der Waals surface area (Å²) in [5, 5.41) is 37.4. The minimum absolute atomic E-state index is 0.0610. The molecule has 0 aliphatic carbocycles. The second kappa shape index (κ2) is 18.1. The Bertz CT molecular complexity index is 852. The van der Waals surface area contributed by atoms with Gasteiger partial charge in [-0.25, -0.2) is 4.79 Å². The van der Waals surface area contributed by atoms with Gasteiger partial charge in [-0.05, 0) is 44.1 Å². The summed E-state index contributed by atoms with van der Waals surface area (Å²) in [6, 6.07) is -6.64. The monoisotopic (exact) mass is 560 g/mol. The number of amides is 4. The average molecular weight is 561 g/mol. The molecule has 0 aromatic heterocycles. The zero-order valence-corrected chi connectivity index (χ0v) is 22.9. The third kappa shape index (κ3) is 13.9. The number of aliphatic hydroxyl groups is 1. The summed E-state index contributed by atoms with van der Waals surface area (Å²) in [4.78, 5) is 73.7. The molecule has 0 bridgehead atoms. The van der Waals surface area contributed by atoms with Crippen molar-refractivity contribution >= 4 is 35.6 Å². The van der Waals surface area contributed by atoms with E-state index in [0.717, 1.165) is 0 Å². The van der Waals surface area contributed by atoms with Gasteiger partial charge in [0, 0.05) is 0 Å². The molecule has 0 saturated carbocycles. The van der Waals surface area contributed by atoms with Gasteiger partial charge in [0.25, 0.3) is 0 Å². The lowest BCUT2D eigenvalue weighted by Gasteiger charge is -2.26. The van der Waals surface area contributed by atoms with Crippen LogP contribution in [0.15, 0.2) is 0 Å². The number of nitrogens with two attached hydrogens (primary N) is 2. The number of rotatable bonds is 19. The highest BCUT2D eigenvalue weighted by Crippen LogP contribution is 2.08. The van der Waals surface area contributed by atoms with Crippen LogP contribution in [-0.2, 0) is 28.8 Å². The van der Waals surface area contributed by atoms with Crippen molar-refractivity contribution in [3.05, 3.63) is 0 Å². The van der Waals surface area contributed by atoms with E-state index in [1.54, 1.807) is 27.7 Å². The SMILES string of the molecule is CC(C)C[C@H](NC(=O)[C@@H](N)C(C)C)C(=O)N[C@@H](CC(=O)O)C(=O)N[C@@H](CO)C(=O)N[C@@H](CCCCN)C(=O)O. The van der Waals surface area contributed by atoms with Crippen molar-refractivity contribution in [2.24, 2.45) is 23.3 Å². The Balaban J connectivity index is 5.61. The fourth-order valence-corrected chi connectivity index (χ4v) is 3.42. The van der Waals surface area contributed by atoms with Crippen molar-refractivity contribution in [1.82, 2.24) is 21.3 Å². The van der Waals surface area contributed by atoms with Gasteiger partial charge in [0.1, 0.15) is 24.2 Å². The topological polar surface area (TPSA) is 263 Å². The Kier molecular flexibility index (Phi) is 16.5. The number of aliphatic carboxylic acids is 2. The van der Waals surface area contributed by atoms with Gasteiger partial charge in [0.15, 0.2) is 0 Å². The summed E-state index contributed by atoms with van der Waals surface area (Å²) in [6.07, 6.45) is 0.282. The smallest absolute Gasteiger partial charge is 0.326 e. The summed E-state index contributed by atoms with van der Waals surface area (Å²) >= 11 is 0. The van der Waals surface area contributed by atoms with E-state index in [9.17, 15) is 44.1 Å². The quantitative estimate of drug-likeness (QED) is 0.0754. The van der Waals surface area contributed by atoms with Crippen LogP contribution in [-0.4, -0.2) is 94.2 Å². The standard InChI is InChI=1S/C24H44N6O9/c1-12(2)9-15(29-23(37)19(26)13(3)4)20(34)28-16(10-18(32)33)21(35)30-17(11-31)22(36)27-14(24(38)39)7-5-6-8-25/h12-17,19,31H,5-11,25-26H2,1-4H3,(H,27,36)(H,28,34)(H,29,37)(H,30,35)(H,32,33)(H,38,39)/t14-,15-,16-,17-,19-/m0/s1. The van der Waals surface area contributed by atoms with Gasteiger partial charge < -0.3 is 48.1 Å². The summed E-state index contributed by atoms with van der Waals surface area (Å²) in [5.41, 5.74) is 11.2. The van der Waals surface area contributed by atoms with Crippen molar-refractivity contribution < 1.29 is 44.1 Å². The first-order valence-electron chi connectivity index (χ1n) is 12.9. The predicted octanol–water partition coefficient (Wildman–Crippen LogP) is -2.36. The fourth-order valence-electron chi connectivity index (χ4n) is 3.42. The van der Waals surface area contributed by atoms with E-state index >= 15 is 0 Å². The molecule has 5 atom stereocenters. The molecular formula is C24H44N6O9. The van der Waals surface area contributed by atoms with E-state index in [1.165, 1.54) is 0 Å². The lowest BCUT2D eigenvalue weighted by atomic mass is 10.00. The van der Waals surface area contributed by atoms with Gasteiger partial charge in [0.2, 0.25) is 23.6 Å². The molecule has 4 amide bonds. The number of carbonyl (C=O) groups excluding carboxylic acids is 4. The number of carbonyl (C=O) groups is 6. The van der Waals surface area contributed by atoms with Gasteiger partial charge in [-0.15, -0.1) is 0 Å². The van der Waals surface area contributed by atoms with E-state index < -0.39 is 78.8 Å². The van der Waals surface area contributed by atoms with Crippen molar-refractivity contribution in [3.8, 4) is 0 Å². The highest BCUT2D eigenvalue weighted by Gasteiger charge is 2.33. The van der Waals surface area contributed by atoms with Crippen molar-refractivity contribution in [2.75, 3.05) is 13.2 Å². The van der Waals surface area contributed by atoms with Crippen LogP contribution >= 0.6 is 0 Å². The normalized spacial score (nSPS) is 15.0. The molecule has 0 heterocycles. The van der Waals surface area contributed by atoms with E-state index in [0.29, 0.717) is 19.4 Å². The molecule has 11 N–H and O–H groups in total.